The second-order valence-corrected chi connectivity index (χ2v) is 3.99. The van der Waals surface area contributed by atoms with Crippen LogP contribution in [-0.2, 0) is 0 Å². The van der Waals surface area contributed by atoms with Crippen molar-refractivity contribution in [2.45, 2.75) is 6.92 Å². The minimum absolute atomic E-state index is 0.413. The van der Waals surface area contributed by atoms with Crippen molar-refractivity contribution >= 4 is 22.2 Å². The first-order valence-corrected chi connectivity index (χ1v) is 5.51. The molecule has 0 unspecified atom stereocenters. The molecular weight excluding hydrogens is 234 g/mol. The van der Waals surface area contributed by atoms with Gasteiger partial charge in [-0.25, -0.2) is 0 Å². The molecule has 0 spiro atoms. The van der Waals surface area contributed by atoms with Gasteiger partial charge in [0.2, 0.25) is 0 Å². The number of hydrogen-bond acceptors (Lipinski definition) is 2. The second-order valence-electron chi connectivity index (χ2n) is 3.61. The van der Waals surface area contributed by atoms with Crippen molar-refractivity contribution in [2.75, 3.05) is 0 Å². The van der Waals surface area contributed by atoms with Crippen molar-refractivity contribution in [3.8, 4) is 6.07 Å². The van der Waals surface area contributed by atoms with Gasteiger partial charge in [0.25, 0.3) is 0 Å². The van der Waals surface area contributed by atoms with E-state index in [4.69, 9.17) is 16.0 Å². The molecule has 0 saturated carbocycles. The molecule has 0 N–H and O–H groups in total. The third-order valence-corrected chi connectivity index (χ3v) is 2.78. The molecule has 2 aromatic rings. The van der Waals surface area contributed by atoms with Gasteiger partial charge < -0.3 is 4.42 Å². The van der Waals surface area contributed by atoms with Crippen LogP contribution in [0.4, 0.5) is 0 Å². The number of hydrogen-bond donors (Lipinski definition) is 0. The van der Waals surface area contributed by atoms with Crippen molar-refractivity contribution in [1.29, 1.82) is 5.26 Å². The Morgan fingerprint density at radius 2 is 1.94 bits per heavy atom. The van der Waals surface area contributed by atoms with Crippen LogP contribution >= 0.6 is 11.6 Å². The van der Waals surface area contributed by atoms with Crippen molar-refractivity contribution in [2.24, 2.45) is 0 Å². The molecule has 0 bridgehead atoms. The summed E-state index contributed by atoms with van der Waals surface area (Å²) in [7, 11) is 0. The highest BCUT2D eigenvalue weighted by molar-refractivity contribution is 6.53. The summed E-state index contributed by atoms with van der Waals surface area (Å²) in [5.74, 6) is 0.767. The smallest absolute Gasteiger partial charge is 0.101 e. The molecule has 0 saturated heterocycles. The van der Waals surface area contributed by atoms with Gasteiger partial charge in [0.1, 0.15) is 11.8 Å². The molecule has 84 valence electrons. The van der Waals surface area contributed by atoms with Crippen LogP contribution in [0.2, 0.25) is 0 Å². The molecule has 2 rings (SSSR count). The summed E-state index contributed by atoms with van der Waals surface area (Å²) in [4.78, 5) is 0. The highest BCUT2D eigenvalue weighted by Gasteiger charge is 2.10. The highest BCUT2D eigenvalue weighted by Crippen LogP contribution is 2.30. The van der Waals surface area contributed by atoms with E-state index in [1.165, 1.54) is 0 Å². The van der Waals surface area contributed by atoms with E-state index in [1.807, 2.05) is 43.3 Å². The zero-order chi connectivity index (χ0) is 12.3. The molecule has 0 aliphatic carbocycles. The molecule has 2 nitrogen and oxygen atoms in total. The predicted octanol–water partition coefficient (Wildman–Crippen LogP) is 4.22. The Hall–Kier alpha value is -1.98. The normalized spacial score (nSPS) is 11.8. The van der Waals surface area contributed by atoms with Crippen LogP contribution in [0.15, 0.2) is 47.1 Å². The van der Waals surface area contributed by atoms with Crippen molar-refractivity contribution in [1.82, 2.24) is 0 Å². The van der Waals surface area contributed by atoms with Crippen LogP contribution in [-0.4, -0.2) is 0 Å². The maximum atomic E-state index is 9.20. The van der Waals surface area contributed by atoms with E-state index in [0.717, 1.165) is 16.9 Å². The fourth-order valence-electron chi connectivity index (χ4n) is 1.55. The molecule has 17 heavy (non-hydrogen) atoms. The maximum absolute atomic E-state index is 9.20. The Labute approximate surface area is 105 Å². The molecule has 0 radical (unpaired) electrons. The first-order valence-electron chi connectivity index (χ1n) is 5.13. The molecule has 1 aromatic carbocycles. The first-order chi connectivity index (χ1) is 8.22. The Balaban J connectivity index is 2.52. The summed E-state index contributed by atoms with van der Waals surface area (Å²) in [6.45, 7) is 1.84. The lowest BCUT2D eigenvalue weighted by atomic mass is 10.1. The zero-order valence-corrected chi connectivity index (χ0v) is 10.0. The third kappa shape index (κ3) is 2.41. The molecule has 1 heterocycles. The van der Waals surface area contributed by atoms with E-state index in [2.05, 4.69) is 6.07 Å². The molecule has 0 amide bonds. The number of rotatable bonds is 2. The lowest BCUT2D eigenvalue weighted by Gasteiger charge is -2.01. The number of nitriles is 1. The van der Waals surface area contributed by atoms with Gasteiger partial charge in [-0.2, -0.15) is 5.26 Å². The second kappa shape index (κ2) is 4.90. The number of halogens is 1. The molecule has 3 heteroatoms. The van der Waals surface area contributed by atoms with E-state index in [1.54, 1.807) is 6.26 Å². The predicted molar refractivity (Wildman–Crippen MR) is 68.2 cm³/mol. The van der Waals surface area contributed by atoms with Gasteiger partial charge in [-0.15, -0.1) is 0 Å². The molecule has 0 aliphatic heterocycles. The van der Waals surface area contributed by atoms with Gasteiger partial charge in [0, 0.05) is 5.56 Å². The average molecular weight is 244 g/mol. The molecule has 1 aromatic heterocycles. The van der Waals surface area contributed by atoms with Gasteiger partial charge >= 0.3 is 0 Å². The summed E-state index contributed by atoms with van der Waals surface area (Å²) < 4.78 is 5.19. The summed E-state index contributed by atoms with van der Waals surface area (Å²) in [5, 5.41) is 9.61. The van der Waals surface area contributed by atoms with Gasteiger partial charge in [0.05, 0.1) is 16.9 Å². The van der Waals surface area contributed by atoms with E-state index in [0.29, 0.717) is 10.6 Å². The zero-order valence-electron chi connectivity index (χ0n) is 9.27. The molecule has 0 atom stereocenters. The molecule has 0 aliphatic rings. The Kier molecular flexibility index (Phi) is 3.32. The summed E-state index contributed by atoms with van der Waals surface area (Å²) in [6, 6.07) is 13.3. The quantitative estimate of drug-likeness (QED) is 0.741. The lowest BCUT2D eigenvalue weighted by molar-refractivity contribution is 0.534. The first kappa shape index (κ1) is 11.5. The van der Waals surface area contributed by atoms with Crippen LogP contribution in [0.25, 0.3) is 10.6 Å². The van der Waals surface area contributed by atoms with E-state index >= 15 is 0 Å². The van der Waals surface area contributed by atoms with Crippen LogP contribution in [0.5, 0.6) is 0 Å². The van der Waals surface area contributed by atoms with Crippen molar-refractivity contribution < 1.29 is 4.42 Å². The molecule has 0 fully saturated rings. The highest BCUT2D eigenvalue weighted by atomic mass is 35.5. The van der Waals surface area contributed by atoms with E-state index in [9.17, 15) is 5.26 Å². The fourth-order valence-corrected chi connectivity index (χ4v) is 1.80. The standard InChI is InChI=1S/C14H10ClNO/c1-10-7-12(9-17-10)14(15)13(8-16)11-5-3-2-4-6-11/h2-7,9H,1H3/b14-13+. The number of furan rings is 1. The minimum Gasteiger partial charge on any atom is -0.469 e. The van der Waals surface area contributed by atoms with Gasteiger partial charge in [0.15, 0.2) is 0 Å². The topological polar surface area (TPSA) is 36.9 Å². The Bertz CT molecular complexity index is 590. The number of nitrogens with zero attached hydrogens (tertiary/aromatic N) is 1. The SMILES string of the molecule is Cc1cc(/C(Cl)=C(/C#N)c2ccccc2)co1. The lowest BCUT2D eigenvalue weighted by Crippen LogP contribution is -1.84. The van der Waals surface area contributed by atoms with Crippen molar-refractivity contribution in [3.63, 3.8) is 0 Å². The molecular formula is C14H10ClNO. The van der Waals surface area contributed by atoms with Crippen molar-refractivity contribution in [3.05, 3.63) is 59.5 Å². The fraction of sp³-hybridized carbons (Fsp3) is 0.0714. The minimum atomic E-state index is 0.413. The van der Waals surface area contributed by atoms with Gasteiger partial charge in [-0.05, 0) is 18.6 Å². The number of benzene rings is 1. The third-order valence-electron chi connectivity index (χ3n) is 2.38. The van der Waals surface area contributed by atoms with Crippen LogP contribution in [0.1, 0.15) is 16.9 Å². The Morgan fingerprint density at radius 3 is 2.47 bits per heavy atom. The van der Waals surface area contributed by atoms with Crippen LogP contribution < -0.4 is 0 Å². The summed E-state index contributed by atoms with van der Waals surface area (Å²) >= 11 is 6.22. The number of aryl methyl sites for hydroxylation is 1. The summed E-state index contributed by atoms with van der Waals surface area (Å²) in [5.41, 5.74) is 1.98. The maximum Gasteiger partial charge on any atom is 0.101 e. The van der Waals surface area contributed by atoms with E-state index in [-0.39, 0.29) is 0 Å². The monoisotopic (exact) mass is 243 g/mol. The van der Waals surface area contributed by atoms with Gasteiger partial charge in [-0.3, -0.25) is 0 Å². The van der Waals surface area contributed by atoms with Gasteiger partial charge in [-0.1, -0.05) is 41.9 Å². The summed E-state index contributed by atoms with van der Waals surface area (Å²) in [6.07, 6.45) is 1.55. The van der Waals surface area contributed by atoms with E-state index < -0.39 is 0 Å². The number of allylic oxidation sites excluding steroid dienone is 1. The van der Waals surface area contributed by atoms with Crippen LogP contribution in [0.3, 0.4) is 0 Å². The van der Waals surface area contributed by atoms with Crippen LogP contribution in [0, 0.1) is 18.3 Å². The average Bonchev–Trinajstić information content (AvgIpc) is 2.78. The largest absolute Gasteiger partial charge is 0.469 e. The Morgan fingerprint density at radius 1 is 1.24 bits per heavy atom.